The van der Waals surface area contributed by atoms with E-state index in [4.69, 9.17) is 13.9 Å². The van der Waals surface area contributed by atoms with Gasteiger partial charge in [0.2, 0.25) is 15.9 Å². The van der Waals surface area contributed by atoms with E-state index in [1.54, 1.807) is 54.6 Å². The van der Waals surface area contributed by atoms with Gasteiger partial charge in [-0.25, -0.2) is 8.42 Å². The van der Waals surface area contributed by atoms with E-state index >= 15 is 0 Å². The maximum atomic E-state index is 12.6. The van der Waals surface area contributed by atoms with Gasteiger partial charge in [0.05, 0.1) is 37.2 Å². The quantitative estimate of drug-likeness (QED) is 0.329. The Morgan fingerprint density at radius 1 is 1.11 bits per heavy atom. The normalized spacial score (nSPS) is 11.8. The number of nitrogens with zero attached hydrogens (tertiary/aromatic N) is 3. The van der Waals surface area contributed by atoms with Crippen LogP contribution in [0.3, 0.4) is 0 Å². The number of sulfonamides is 1. The fourth-order valence-electron chi connectivity index (χ4n) is 4.20. The molecule has 0 aliphatic carbocycles. The molecular weight excluding hydrogens is 482 g/mol. The van der Waals surface area contributed by atoms with E-state index in [2.05, 4.69) is 4.98 Å². The molecule has 5 aromatic rings. The molecule has 0 spiro atoms. The highest BCUT2D eigenvalue weighted by molar-refractivity contribution is 7.92. The summed E-state index contributed by atoms with van der Waals surface area (Å²) in [6.45, 7) is 0.450. The molecule has 0 fully saturated rings. The Hall–Kier alpha value is -4.18. The van der Waals surface area contributed by atoms with E-state index < -0.39 is 10.0 Å². The van der Waals surface area contributed by atoms with Gasteiger partial charge in [-0.2, -0.15) is 0 Å². The minimum absolute atomic E-state index is 0.0816. The average Bonchev–Trinajstić information content (AvgIpc) is 3.49. The third-order valence-electron chi connectivity index (χ3n) is 6.07. The average molecular weight is 508 g/mol. The van der Waals surface area contributed by atoms with Crippen molar-refractivity contribution in [1.82, 2.24) is 9.55 Å². The van der Waals surface area contributed by atoms with E-state index in [0.717, 1.165) is 17.6 Å². The third-order valence-corrected chi connectivity index (χ3v) is 7.25. The first-order valence-electron chi connectivity index (χ1n) is 11.1. The molecule has 9 nitrogen and oxygen atoms in total. The van der Waals surface area contributed by atoms with Gasteiger partial charge in [-0.15, -0.1) is 0 Å². The number of aromatic hydroxyl groups is 1. The van der Waals surface area contributed by atoms with Gasteiger partial charge in [0.15, 0.2) is 5.75 Å². The highest BCUT2D eigenvalue weighted by Gasteiger charge is 2.27. The first-order valence-corrected chi connectivity index (χ1v) is 13.0. The number of rotatable bonds is 8. The Kier molecular flexibility index (Phi) is 5.97. The summed E-state index contributed by atoms with van der Waals surface area (Å²) < 4.78 is 44.9. The van der Waals surface area contributed by atoms with Crippen LogP contribution < -0.4 is 13.8 Å². The van der Waals surface area contributed by atoms with Gasteiger partial charge in [0.25, 0.3) is 0 Å². The van der Waals surface area contributed by atoms with Crippen LogP contribution in [0, 0.1) is 0 Å². The molecule has 1 N–H and O–H groups in total. The number of methoxy groups -OCH3 is 1. The predicted octanol–water partition coefficient (Wildman–Crippen LogP) is 4.52. The molecule has 3 heterocycles. The summed E-state index contributed by atoms with van der Waals surface area (Å²) in [6, 6.07) is 14.5. The van der Waals surface area contributed by atoms with Crippen molar-refractivity contribution in [3.05, 3.63) is 78.5 Å². The number of benzene rings is 2. The molecule has 5 rings (SSSR count). The molecule has 0 bridgehead atoms. The van der Waals surface area contributed by atoms with Crippen molar-refractivity contribution in [2.75, 3.05) is 24.7 Å². The molecule has 2 aromatic carbocycles. The topological polar surface area (TPSA) is 107 Å². The van der Waals surface area contributed by atoms with Gasteiger partial charge in [-0.05, 0) is 42.0 Å². The molecule has 186 valence electrons. The molecular formula is C26H25N3O6S. The maximum Gasteiger partial charge on any atom is 0.232 e. The van der Waals surface area contributed by atoms with Gasteiger partial charge in [-0.1, -0.05) is 12.1 Å². The number of hydrogen-bond acceptors (Lipinski definition) is 7. The second-order valence-electron chi connectivity index (χ2n) is 8.39. The summed E-state index contributed by atoms with van der Waals surface area (Å²) in [7, 11) is -0.540. The van der Waals surface area contributed by atoms with Crippen molar-refractivity contribution >= 4 is 37.4 Å². The number of aromatic nitrogens is 2. The van der Waals surface area contributed by atoms with Crippen molar-refractivity contribution in [2.45, 2.75) is 13.2 Å². The highest BCUT2D eigenvalue weighted by atomic mass is 32.2. The molecule has 0 saturated heterocycles. The maximum absolute atomic E-state index is 12.6. The second-order valence-corrected chi connectivity index (χ2v) is 10.4. The summed E-state index contributed by atoms with van der Waals surface area (Å²) in [5.74, 6) is 1.64. The molecule has 0 aliphatic rings. The number of hydrogen-bond donors (Lipinski definition) is 1. The zero-order valence-corrected chi connectivity index (χ0v) is 20.8. The van der Waals surface area contributed by atoms with Gasteiger partial charge in [-0.3, -0.25) is 9.29 Å². The third kappa shape index (κ3) is 4.20. The fraction of sp³-hybridized carbons (Fsp3) is 0.192. The Bertz CT molecular complexity index is 1640. The first-order chi connectivity index (χ1) is 17.3. The minimum atomic E-state index is -3.62. The first kappa shape index (κ1) is 23.6. The van der Waals surface area contributed by atoms with Crippen molar-refractivity contribution in [2.24, 2.45) is 0 Å². The summed E-state index contributed by atoms with van der Waals surface area (Å²) in [5.41, 5.74) is 1.73. The van der Waals surface area contributed by atoms with Crippen LogP contribution in [0.15, 0.2) is 71.6 Å². The van der Waals surface area contributed by atoms with E-state index in [0.29, 0.717) is 38.9 Å². The number of fused-ring (bicyclic) bond motifs is 2. The number of anilines is 1. The molecule has 3 aromatic heterocycles. The van der Waals surface area contributed by atoms with E-state index in [9.17, 15) is 13.5 Å². The molecule has 0 amide bonds. The SMILES string of the molecule is COc1ccc(COc2c3ncccc3c(N(C)S(C)(=O)=O)c3cn(Cc4ccco4)c(O)c23)cc1. The molecule has 0 radical (unpaired) electrons. The van der Waals surface area contributed by atoms with Gasteiger partial charge in [0.1, 0.15) is 23.6 Å². The minimum Gasteiger partial charge on any atom is -0.497 e. The molecule has 0 atom stereocenters. The van der Waals surface area contributed by atoms with Crippen LogP contribution in [0.2, 0.25) is 0 Å². The van der Waals surface area contributed by atoms with Crippen molar-refractivity contribution in [3.63, 3.8) is 0 Å². The molecule has 0 unspecified atom stereocenters. The largest absolute Gasteiger partial charge is 0.497 e. The number of pyridine rings is 1. The lowest BCUT2D eigenvalue weighted by Crippen LogP contribution is -2.25. The lowest BCUT2D eigenvalue weighted by molar-refractivity contribution is 0.311. The molecule has 10 heteroatoms. The van der Waals surface area contributed by atoms with Crippen LogP contribution >= 0.6 is 0 Å². The van der Waals surface area contributed by atoms with Crippen molar-refractivity contribution in [3.8, 4) is 17.4 Å². The van der Waals surface area contributed by atoms with Crippen LogP contribution in [0.5, 0.6) is 17.4 Å². The Balaban J connectivity index is 1.73. The fourth-order valence-corrected chi connectivity index (χ4v) is 4.73. The number of ether oxygens (including phenoxy) is 2. The molecule has 0 aliphatic heterocycles. The molecule has 36 heavy (non-hydrogen) atoms. The Morgan fingerprint density at radius 3 is 2.56 bits per heavy atom. The number of furan rings is 1. The summed E-state index contributed by atoms with van der Waals surface area (Å²) >= 11 is 0. The standard InChI is InChI=1S/C26H25N3O6S/c1-28(36(3,31)32)24-20-7-4-12-27-23(20)25(35-16-17-8-10-18(33-2)11-9-17)22-21(24)15-29(26(22)30)14-19-6-5-13-34-19/h4-13,15,30H,14,16H2,1-3H3. The van der Waals surface area contributed by atoms with E-state index in [1.165, 1.54) is 11.4 Å². The van der Waals surface area contributed by atoms with Gasteiger partial charge >= 0.3 is 0 Å². The zero-order valence-electron chi connectivity index (χ0n) is 20.0. The molecule has 0 saturated carbocycles. The van der Waals surface area contributed by atoms with Crippen molar-refractivity contribution < 1.29 is 27.4 Å². The lowest BCUT2D eigenvalue weighted by Gasteiger charge is -2.21. The Labute approximate surface area is 208 Å². The monoisotopic (exact) mass is 507 g/mol. The summed E-state index contributed by atoms with van der Waals surface area (Å²) in [6.07, 6.45) is 6.00. The highest BCUT2D eigenvalue weighted by Crippen LogP contribution is 2.47. The van der Waals surface area contributed by atoms with Crippen molar-refractivity contribution in [1.29, 1.82) is 0 Å². The van der Waals surface area contributed by atoms with Gasteiger partial charge in [0, 0.05) is 30.2 Å². The second kappa shape index (κ2) is 9.12. The summed E-state index contributed by atoms with van der Waals surface area (Å²) in [4.78, 5) is 4.52. The summed E-state index contributed by atoms with van der Waals surface area (Å²) in [5, 5.41) is 12.8. The van der Waals surface area contributed by atoms with Crippen LogP contribution in [-0.4, -0.2) is 43.5 Å². The zero-order chi connectivity index (χ0) is 25.4. The van der Waals surface area contributed by atoms with E-state index in [-0.39, 0.29) is 19.0 Å². The smallest absolute Gasteiger partial charge is 0.232 e. The van der Waals surface area contributed by atoms with Crippen LogP contribution in [0.25, 0.3) is 21.7 Å². The van der Waals surface area contributed by atoms with Gasteiger partial charge < -0.3 is 23.6 Å². The predicted molar refractivity (Wildman–Crippen MR) is 137 cm³/mol. The van der Waals surface area contributed by atoms with E-state index in [1.807, 2.05) is 24.3 Å². The Morgan fingerprint density at radius 2 is 1.89 bits per heavy atom. The van der Waals surface area contributed by atoms with Crippen LogP contribution in [0.4, 0.5) is 5.69 Å². The van der Waals surface area contributed by atoms with Crippen LogP contribution in [-0.2, 0) is 23.2 Å². The van der Waals surface area contributed by atoms with Crippen LogP contribution in [0.1, 0.15) is 11.3 Å². The lowest BCUT2D eigenvalue weighted by atomic mass is 10.1.